The highest BCUT2D eigenvalue weighted by Gasteiger charge is 2.36. The van der Waals surface area contributed by atoms with Gasteiger partial charge in [0.2, 0.25) is 11.8 Å². The van der Waals surface area contributed by atoms with Gasteiger partial charge in [-0.15, -0.1) is 0 Å². The van der Waals surface area contributed by atoms with E-state index in [4.69, 9.17) is 4.74 Å². The van der Waals surface area contributed by atoms with Gasteiger partial charge in [0.15, 0.2) is 0 Å². The van der Waals surface area contributed by atoms with Crippen LogP contribution in [0.15, 0.2) is 42.5 Å². The molecule has 0 radical (unpaired) electrons. The number of amides is 2. The van der Waals surface area contributed by atoms with Crippen LogP contribution in [0.5, 0.6) is 0 Å². The molecule has 0 aliphatic carbocycles. The van der Waals surface area contributed by atoms with Gasteiger partial charge in [0.25, 0.3) is 0 Å². The lowest BCUT2D eigenvalue weighted by molar-refractivity contribution is -0.135. The molecule has 0 saturated carbocycles. The number of morpholine rings is 1. The average Bonchev–Trinajstić information content (AvgIpc) is 2.71. The van der Waals surface area contributed by atoms with Crippen LogP contribution in [0.3, 0.4) is 0 Å². The van der Waals surface area contributed by atoms with Gasteiger partial charge in [-0.1, -0.05) is 18.2 Å². The summed E-state index contributed by atoms with van der Waals surface area (Å²) in [5.74, 6) is -0.693. The number of hydrogen-bond donors (Lipinski definition) is 2. The molecule has 6 nitrogen and oxygen atoms in total. The van der Waals surface area contributed by atoms with Crippen molar-refractivity contribution < 1.29 is 14.3 Å². The van der Waals surface area contributed by atoms with Crippen LogP contribution in [-0.4, -0.2) is 38.1 Å². The summed E-state index contributed by atoms with van der Waals surface area (Å²) in [7, 11) is 0. The predicted octanol–water partition coefficient (Wildman–Crippen LogP) is 3.74. The van der Waals surface area contributed by atoms with Crippen molar-refractivity contribution in [2.75, 3.05) is 41.8 Å². The van der Waals surface area contributed by atoms with Crippen molar-refractivity contribution in [3.8, 4) is 0 Å². The number of rotatable bonds is 5. The maximum absolute atomic E-state index is 13.0. The van der Waals surface area contributed by atoms with Crippen LogP contribution in [0, 0.1) is 19.3 Å². The smallest absolute Gasteiger partial charge is 0.239 e. The Labute approximate surface area is 172 Å². The van der Waals surface area contributed by atoms with Gasteiger partial charge in [-0.3, -0.25) is 9.59 Å². The Morgan fingerprint density at radius 1 is 0.931 bits per heavy atom. The third-order valence-electron chi connectivity index (χ3n) is 5.40. The topological polar surface area (TPSA) is 70.7 Å². The van der Waals surface area contributed by atoms with Crippen LogP contribution in [0.2, 0.25) is 0 Å². The lowest BCUT2D eigenvalue weighted by atomic mass is 9.90. The summed E-state index contributed by atoms with van der Waals surface area (Å²) >= 11 is 0. The van der Waals surface area contributed by atoms with Crippen molar-refractivity contribution >= 4 is 28.9 Å². The summed E-state index contributed by atoms with van der Waals surface area (Å²) in [6.45, 7) is 10.1. The first-order valence-electron chi connectivity index (χ1n) is 9.91. The second kappa shape index (κ2) is 8.66. The fourth-order valence-electron chi connectivity index (χ4n) is 3.15. The van der Waals surface area contributed by atoms with Crippen LogP contribution < -0.4 is 15.5 Å². The fourth-order valence-corrected chi connectivity index (χ4v) is 3.15. The molecule has 29 heavy (non-hydrogen) atoms. The molecule has 0 spiro atoms. The van der Waals surface area contributed by atoms with Gasteiger partial charge in [-0.2, -0.15) is 0 Å². The predicted molar refractivity (Wildman–Crippen MR) is 116 cm³/mol. The number of carbonyl (C=O) groups is 2. The molecule has 1 fully saturated rings. The molecule has 0 atom stereocenters. The quantitative estimate of drug-likeness (QED) is 0.757. The van der Waals surface area contributed by atoms with Crippen LogP contribution >= 0.6 is 0 Å². The van der Waals surface area contributed by atoms with Crippen molar-refractivity contribution in [2.24, 2.45) is 5.41 Å². The van der Waals surface area contributed by atoms with E-state index in [1.807, 2.05) is 56.3 Å². The van der Waals surface area contributed by atoms with E-state index in [0.29, 0.717) is 24.6 Å². The Morgan fingerprint density at radius 3 is 2.28 bits per heavy atom. The summed E-state index contributed by atoms with van der Waals surface area (Å²) in [5.41, 5.74) is 3.33. The summed E-state index contributed by atoms with van der Waals surface area (Å²) < 4.78 is 5.42. The molecule has 154 valence electrons. The van der Waals surface area contributed by atoms with Crippen LogP contribution in [0.4, 0.5) is 17.1 Å². The highest BCUT2D eigenvalue weighted by Crippen LogP contribution is 2.29. The van der Waals surface area contributed by atoms with E-state index in [1.165, 1.54) is 0 Å². The molecule has 1 aliphatic heterocycles. The monoisotopic (exact) mass is 395 g/mol. The van der Waals surface area contributed by atoms with E-state index < -0.39 is 5.41 Å². The number of para-hydroxylation sites is 2. The maximum Gasteiger partial charge on any atom is 0.239 e. The van der Waals surface area contributed by atoms with Gasteiger partial charge in [0, 0.05) is 18.8 Å². The number of nitrogens with one attached hydrogen (secondary N) is 2. The molecule has 2 aromatic rings. The molecular weight excluding hydrogens is 366 g/mol. The number of aryl methyl sites for hydroxylation is 2. The van der Waals surface area contributed by atoms with Crippen LogP contribution in [-0.2, 0) is 14.3 Å². The number of hydrogen-bond acceptors (Lipinski definition) is 4. The molecule has 1 saturated heterocycles. The largest absolute Gasteiger partial charge is 0.378 e. The molecule has 3 rings (SSSR count). The first-order chi connectivity index (χ1) is 13.8. The zero-order valence-electron chi connectivity index (χ0n) is 17.5. The van der Waals surface area contributed by atoms with E-state index in [-0.39, 0.29) is 11.8 Å². The maximum atomic E-state index is 13.0. The molecular formula is C23H29N3O3. The Hall–Kier alpha value is -2.86. The van der Waals surface area contributed by atoms with Crippen LogP contribution in [0.1, 0.15) is 25.0 Å². The lowest BCUT2D eigenvalue weighted by Gasteiger charge is -2.31. The summed E-state index contributed by atoms with van der Waals surface area (Å²) in [6.07, 6.45) is 0. The first kappa shape index (κ1) is 20.9. The molecule has 1 aliphatic rings. The SMILES string of the molecule is Cc1ccc(NC(=O)C(C)(C)C(=O)Nc2ccccc2N2CCOCC2)cc1C. The lowest BCUT2D eigenvalue weighted by Crippen LogP contribution is -2.42. The number of nitrogens with zero attached hydrogens (tertiary/aromatic N) is 1. The third kappa shape index (κ3) is 4.77. The zero-order chi connectivity index (χ0) is 21.0. The molecule has 2 N–H and O–H groups in total. The molecule has 2 aromatic carbocycles. The van der Waals surface area contributed by atoms with Crippen molar-refractivity contribution in [1.82, 2.24) is 0 Å². The fraction of sp³-hybridized carbons (Fsp3) is 0.391. The zero-order valence-corrected chi connectivity index (χ0v) is 17.5. The number of benzene rings is 2. The number of ether oxygens (including phenoxy) is 1. The highest BCUT2D eigenvalue weighted by atomic mass is 16.5. The summed E-state index contributed by atoms with van der Waals surface area (Å²) in [5, 5.41) is 5.82. The van der Waals surface area contributed by atoms with Crippen molar-refractivity contribution in [3.05, 3.63) is 53.6 Å². The van der Waals surface area contributed by atoms with Gasteiger partial charge < -0.3 is 20.3 Å². The van der Waals surface area contributed by atoms with E-state index in [1.54, 1.807) is 13.8 Å². The molecule has 1 heterocycles. The van der Waals surface area contributed by atoms with Gasteiger partial charge in [-0.05, 0) is 63.1 Å². The van der Waals surface area contributed by atoms with Crippen molar-refractivity contribution in [1.29, 1.82) is 0 Å². The first-order valence-corrected chi connectivity index (χ1v) is 9.91. The van der Waals surface area contributed by atoms with E-state index in [9.17, 15) is 9.59 Å². The Balaban J connectivity index is 1.73. The molecule has 0 bridgehead atoms. The second-order valence-electron chi connectivity index (χ2n) is 7.95. The normalized spacial score (nSPS) is 14.4. The summed E-state index contributed by atoms with van der Waals surface area (Å²) in [4.78, 5) is 28.0. The van der Waals surface area contributed by atoms with Gasteiger partial charge in [-0.25, -0.2) is 0 Å². The molecule has 2 amide bonds. The van der Waals surface area contributed by atoms with Crippen LogP contribution in [0.25, 0.3) is 0 Å². The van der Waals surface area contributed by atoms with E-state index >= 15 is 0 Å². The third-order valence-corrected chi connectivity index (χ3v) is 5.40. The minimum Gasteiger partial charge on any atom is -0.378 e. The minimum atomic E-state index is -1.24. The number of anilines is 3. The standard InChI is InChI=1S/C23H29N3O3/c1-16-9-10-18(15-17(16)2)24-21(27)23(3,4)22(28)25-19-7-5-6-8-20(19)26-11-13-29-14-12-26/h5-10,15H,11-14H2,1-4H3,(H,24,27)(H,25,28). The van der Waals surface area contributed by atoms with Gasteiger partial charge in [0.1, 0.15) is 5.41 Å². The number of carbonyl (C=O) groups excluding carboxylic acids is 2. The van der Waals surface area contributed by atoms with Crippen molar-refractivity contribution in [2.45, 2.75) is 27.7 Å². The highest BCUT2D eigenvalue weighted by molar-refractivity contribution is 6.14. The van der Waals surface area contributed by atoms with Crippen molar-refractivity contribution in [3.63, 3.8) is 0 Å². The van der Waals surface area contributed by atoms with Gasteiger partial charge in [0.05, 0.1) is 24.6 Å². The van der Waals surface area contributed by atoms with E-state index in [2.05, 4.69) is 15.5 Å². The Morgan fingerprint density at radius 2 is 1.59 bits per heavy atom. The van der Waals surface area contributed by atoms with Gasteiger partial charge >= 0.3 is 0 Å². The molecule has 6 heteroatoms. The average molecular weight is 396 g/mol. The Kier molecular flexibility index (Phi) is 6.23. The molecule has 0 unspecified atom stereocenters. The van der Waals surface area contributed by atoms with E-state index in [0.717, 1.165) is 29.9 Å². The minimum absolute atomic E-state index is 0.345. The summed E-state index contributed by atoms with van der Waals surface area (Å²) in [6, 6.07) is 13.4. The Bertz CT molecular complexity index is 902. The second-order valence-corrected chi connectivity index (χ2v) is 7.95. The molecule has 0 aromatic heterocycles.